The van der Waals surface area contributed by atoms with Crippen LogP contribution in [0.3, 0.4) is 0 Å². The van der Waals surface area contributed by atoms with Crippen molar-refractivity contribution in [3.05, 3.63) is 78.5 Å². The Morgan fingerprint density at radius 1 is 1.03 bits per heavy atom. The van der Waals surface area contributed by atoms with Crippen molar-refractivity contribution in [1.29, 1.82) is 0 Å². The summed E-state index contributed by atoms with van der Waals surface area (Å²) in [6, 6.07) is 15.2. The lowest BCUT2D eigenvalue weighted by Crippen LogP contribution is -2.30. The van der Waals surface area contributed by atoms with Gasteiger partial charge in [0, 0.05) is 48.8 Å². The molecule has 29 heavy (non-hydrogen) atoms. The van der Waals surface area contributed by atoms with Crippen LogP contribution in [0, 0.1) is 5.82 Å². The second kappa shape index (κ2) is 7.73. The molecule has 0 saturated carbocycles. The molecule has 2 N–H and O–H groups in total. The molecule has 3 aromatic heterocycles. The molecule has 0 amide bonds. The van der Waals surface area contributed by atoms with E-state index < -0.39 is 0 Å². The first-order chi connectivity index (χ1) is 14.3. The smallest absolute Gasteiger partial charge is 0.123 e. The Morgan fingerprint density at radius 2 is 1.86 bits per heavy atom. The molecule has 0 radical (unpaired) electrons. The predicted molar refractivity (Wildman–Crippen MR) is 112 cm³/mol. The summed E-state index contributed by atoms with van der Waals surface area (Å²) >= 11 is 0. The van der Waals surface area contributed by atoms with Gasteiger partial charge in [-0.1, -0.05) is 6.07 Å². The van der Waals surface area contributed by atoms with Crippen molar-refractivity contribution in [3.8, 4) is 22.4 Å². The summed E-state index contributed by atoms with van der Waals surface area (Å²) in [7, 11) is 0. The van der Waals surface area contributed by atoms with E-state index in [1.54, 1.807) is 24.5 Å². The topological polar surface area (TPSA) is 54.2 Å². The SMILES string of the molecule is Fc1ccc(-c2nn3cc(CN[C@@H]4CCNC4)ccc3c2-c2ccncc2)cc1. The van der Waals surface area contributed by atoms with Gasteiger partial charge in [-0.25, -0.2) is 8.91 Å². The Bertz CT molecular complexity index is 1120. The predicted octanol–water partition coefficient (Wildman–Crippen LogP) is 3.65. The van der Waals surface area contributed by atoms with Crippen LogP contribution < -0.4 is 10.6 Å². The molecule has 5 rings (SSSR count). The zero-order valence-electron chi connectivity index (χ0n) is 16.0. The average Bonchev–Trinajstić information content (AvgIpc) is 3.41. The summed E-state index contributed by atoms with van der Waals surface area (Å²) in [4.78, 5) is 4.14. The maximum atomic E-state index is 13.5. The van der Waals surface area contributed by atoms with Crippen LogP contribution in [-0.2, 0) is 6.54 Å². The van der Waals surface area contributed by atoms with Crippen LogP contribution in [0.1, 0.15) is 12.0 Å². The number of halogens is 1. The van der Waals surface area contributed by atoms with Crippen molar-refractivity contribution in [2.45, 2.75) is 19.0 Å². The molecule has 1 aliphatic rings. The molecule has 1 saturated heterocycles. The fraction of sp³-hybridized carbons (Fsp3) is 0.217. The van der Waals surface area contributed by atoms with E-state index in [-0.39, 0.29) is 5.82 Å². The third-order valence-corrected chi connectivity index (χ3v) is 5.43. The van der Waals surface area contributed by atoms with E-state index in [0.717, 1.165) is 54.0 Å². The highest BCUT2D eigenvalue weighted by Crippen LogP contribution is 2.35. The second-order valence-electron chi connectivity index (χ2n) is 7.40. The zero-order valence-corrected chi connectivity index (χ0v) is 16.0. The molecule has 6 heteroatoms. The van der Waals surface area contributed by atoms with Gasteiger partial charge in [0.15, 0.2) is 0 Å². The van der Waals surface area contributed by atoms with E-state index in [0.29, 0.717) is 6.04 Å². The highest BCUT2D eigenvalue weighted by Gasteiger charge is 2.17. The summed E-state index contributed by atoms with van der Waals surface area (Å²) in [5, 5.41) is 11.8. The summed E-state index contributed by atoms with van der Waals surface area (Å²) in [5.41, 5.74) is 5.98. The standard InChI is InChI=1S/C23H22FN5/c24-19-4-2-18(3-5-19)23-22(17-7-10-25-11-8-17)21-6-1-16(15-29(21)28-23)13-27-20-9-12-26-14-20/h1-8,10-11,15,20,26-27H,9,12-14H2/t20-/m1/s1. The number of hydrogen-bond acceptors (Lipinski definition) is 4. The molecule has 4 aromatic rings. The third-order valence-electron chi connectivity index (χ3n) is 5.43. The number of fused-ring (bicyclic) bond motifs is 1. The number of benzene rings is 1. The molecule has 0 spiro atoms. The molecule has 0 bridgehead atoms. The van der Waals surface area contributed by atoms with Gasteiger partial charge in [-0.3, -0.25) is 4.98 Å². The van der Waals surface area contributed by atoms with E-state index in [1.165, 1.54) is 17.7 Å². The lowest BCUT2D eigenvalue weighted by molar-refractivity contribution is 0.546. The minimum Gasteiger partial charge on any atom is -0.315 e. The number of rotatable bonds is 5. The average molecular weight is 387 g/mol. The number of nitrogens with one attached hydrogen (secondary N) is 2. The maximum absolute atomic E-state index is 13.5. The molecule has 5 nitrogen and oxygen atoms in total. The van der Waals surface area contributed by atoms with Crippen LogP contribution in [0.5, 0.6) is 0 Å². The molecular weight excluding hydrogens is 365 g/mol. The van der Waals surface area contributed by atoms with E-state index in [2.05, 4.69) is 33.9 Å². The second-order valence-corrected chi connectivity index (χ2v) is 7.40. The van der Waals surface area contributed by atoms with E-state index in [9.17, 15) is 4.39 Å². The van der Waals surface area contributed by atoms with Crippen molar-refractivity contribution < 1.29 is 4.39 Å². The van der Waals surface area contributed by atoms with Crippen molar-refractivity contribution in [1.82, 2.24) is 25.2 Å². The van der Waals surface area contributed by atoms with Gasteiger partial charge in [0.05, 0.1) is 5.52 Å². The lowest BCUT2D eigenvalue weighted by Gasteiger charge is -2.11. The van der Waals surface area contributed by atoms with Gasteiger partial charge in [-0.05, 0) is 66.6 Å². The molecule has 1 aliphatic heterocycles. The molecule has 0 unspecified atom stereocenters. The van der Waals surface area contributed by atoms with Crippen molar-refractivity contribution in [3.63, 3.8) is 0 Å². The Kier molecular flexibility index (Phi) is 4.79. The Hall–Kier alpha value is -3.09. The van der Waals surface area contributed by atoms with E-state index in [4.69, 9.17) is 5.10 Å². The Balaban J connectivity index is 1.57. The van der Waals surface area contributed by atoms with Crippen molar-refractivity contribution in [2.24, 2.45) is 0 Å². The molecular formula is C23H22FN5. The first kappa shape index (κ1) is 18.0. The van der Waals surface area contributed by atoms with Crippen LogP contribution in [0.2, 0.25) is 0 Å². The van der Waals surface area contributed by atoms with Gasteiger partial charge in [0.2, 0.25) is 0 Å². The minimum atomic E-state index is -0.252. The van der Waals surface area contributed by atoms with Crippen molar-refractivity contribution in [2.75, 3.05) is 13.1 Å². The van der Waals surface area contributed by atoms with Gasteiger partial charge in [0.1, 0.15) is 11.5 Å². The van der Waals surface area contributed by atoms with Gasteiger partial charge < -0.3 is 10.6 Å². The van der Waals surface area contributed by atoms with Crippen LogP contribution >= 0.6 is 0 Å². The summed E-state index contributed by atoms with van der Waals surface area (Å²) < 4.78 is 15.4. The lowest BCUT2D eigenvalue weighted by atomic mass is 10.0. The number of pyridine rings is 2. The minimum absolute atomic E-state index is 0.252. The fourth-order valence-electron chi connectivity index (χ4n) is 3.90. The number of nitrogens with zero attached hydrogens (tertiary/aromatic N) is 3. The third kappa shape index (κ3) is 3.64. The van der Waals surface area contributed by atoms with Crippen LogP contribution in [-0.4, -0.2) is 33.7 Å². The fourth-order valence-corrected chi connectivity index (χ4v) is 3.90. The van der Waals surface area contributed by atoms with E-state index in [1.807, 2.05) is 16.6 Å². The van der Waals surface area contributed by atoms with Crippen LogP contribution in [0.25, 0.3) is 27.9 Å². The molecule has 1 fully saturated rings. The largest absolute Gasteiger partial charge is 0.315 e. The van der Waals surface area contributed by atoms with Crippen LogP contribution in [0.4, 0.5) is 4.39 Å². The van der Waals surface area contributed by atoms with Gasteiger partial charge in [-0.2, -0.15) is 5.10 Å². The Morgan fingerprint density at radius 3 is 2.62 bits per heavy atom. The molecule has 1 aromatic carbocycles. The van der Waals surface area contributed by atoms with Gasteiger partial charge in [-0.15, -0.1) is 0 Å². The number of aromatic nitrogens is 3. The molecule has 0 aliphatic carbocycles. The maximum Gasteiger partial charge on any atom is 0.123 e. The van der Waals surface area contributed by atoms with E-state index >= 15 is 0 Å². The quantitative estimate of drug-likeness (QED) is 0.549. The molecule has 146 valence electrons. The van der Waals surface area contributed by atoms with Crippen molar-refractivity contribution >= 4 is 5.52 Å². The zero-order chi connectivity index (χ0) is 19.6. The Labute approximate surface area is 168 Å². The summed E-state index contributed by atoms with van der Waals surface area (Å²) in [6.45, 7) is 2.90. The summed E-state index contributed by atoms with van der Waals surface area (Å²) in [6.07, 6.45) is 6.79. The highest BCUT2D eigenvalue weighted by molar-refractivity contribution is 5.92. The highest BCUT2D eigenvalue weighted by atomic mass is 19.1. The normalized spacial score (nSPS) is 16.5. The summed E-state index contributed by atoms with van der Waals surface area (Å²) in [5.74, 6) is -0.252. The number of hydrogen-bond donors (Lipinski definition) is 2. The van der Waals surface area contributed by atoms with Gasteiger partial charge >= 0.3 is 0 Å². The first-order valence-corrected chi connectivity index (χ1v) is 9.89. The van der Waals surface area contributed by atoms with Crippen LogP contribution in [0.15, 0.2) is 67.1 Å². The molecule has 4 heterocycles. The van der Waals surface area contributed by atoms with Gasteiger partial charge in [0.25, 0.3) is 0 Å². The molecule has 1 atom stereocenters. The first-order valence-electron chi connectivity index (χ1n) is 9.89. The monoisotopic (exact) mass is 387 g/mol.